The lowest BCUT2D eigenvalue weighted by Gasteiger charge is -2.41. The lowest BCUT2D eigenvalue weighted by molar-refractivity contribution is -0.139. The van der Waals surface area contributed by atoms with Crippen LogP contribution in [0.25, 0.3) is 10.9 Å². The SMILES string of the molecule is COc1ccc2ncc(Cl)c(C(F)CCC3(CO)CCN(CCSc4ccccc4C(F)(F)F)CC3)c2c1. The fourth-order valence-electron chi connectivity index (χ4n) is 5.04. The molecule has 4 nitrogen and oxygen atoms in total. The minimum absolute atomic E-state index is 0.0418. The lowest BCUT2D eigenvalue weighted by atomic mass is 9.74. The van der Waals surface area contributed by atoms with Crippen molar-refractivity contribution in [1.82, 2.24) is 9.88 Å². The highest BCUT2D eigenvalue weighted by molar-refractivity contribution is 7.99. The molecule has 10 heteroatoms. The Kier molecular flexibility index (Phi) is 9.44. The Labute approximate surface area is 229 Å². The van der Waals surface area contributed by atoms with Gasteiger partial charge in [-0.05, 0) is 74.5 Å². The van der Waals surface area contributed by atoms with Crippen LogP contribution < -0.4 is 4.74 Å². The topological polar surface area (TPSA) is 45.6 Å². The number of thioether (sulfide) groups is 1. The van der Waals surface area contributed by atoms with Crippen molar-refractivity contribution in [3.05, 3.63) is 64.8 Å². The third-order valence-electron chi connectivity index (χ3n) is 7.42. The smallest absolute Gasteiger partial charge is 0.417 e. The second-order valence-corrected chi connectivity index (χ2v) is 11.3. The van der Waals surface area contributed by atoms with E-state index in [-0.39, 0.29) is 22.9 Å². The average molecular weight is 571 g/mol. The van der Waals surface area contributed by atoms with Crippen LogP contribution in [0.2, 0.25) is 5.02 Å². The minimum Gasteiger partial charge on any atom is -0.497 e. The highest BCUT2D eigenvalue weighted by Crippen LogP contribution is 2.42. The fraction of sp³-hybridized carbons (Fsp3) is 0.464. The highest BCUT2D eigenvalue weighted by atomic mass is 35.5. The minimum atomic E-state index is -4.37. The molecule has 2 aromatic carbocycles. The van der Waals surface area contributed by atoms with E-state index in [1.807, 2.05) is 0 Å². The summed E-state index contributed by atoms with van der Waals surface area (Å²) >= 11 is 7.57. The molecule has 1 saturated heterocycles. The van der Waals surface area contributed by atoms with Crippen molar-refractivity contribution in [3.8, 4) is 5.75 Å². The van der Waals surface area contributed by atoms with Gasteiger partial charge in [-0.1, -0.05) is 23.7 Å². The number of likely N-dealkylation sites (tertiary alicyclic amines) is 1. The molecule has 2 heterocycles. The first kappa shape index (κ1) is 28.9. The molecule has 0 radical (unpaired) electrons. The Morgan fingerprint density at radius 3 is 2.61 bits per heavy atom. The van der Waals surface area contributed by atoms with Gasteiger partial charge in [-0.25, -0.2) is 4.39 Å². The summed E-state index contributed by atoms with van der Waals surface area (Å²) in [6.07, 6.45) is -2.15. The van der Waals surface area contributed by atoms with Crippen LogP contribution in [0, 0.1) is 5.41 Å². The molecule has 0 aliphatic carbocycles. The Morgan fingerprint density at radius 2 is 1.92 bits per heavy atom. The largest absolute Gasteiger partial charge is 0.497 e. The van der Waals surface area contributed by atoms with E-state index in [0.29, 0.717) is 66.9 Å². The molecular formula is C28H31ClF4N2O2S. The van der Waals surface area contributed by atoms with E-state index in [1.54, 1.807) is 31.4 Å². The van der Waals surface area contributed by atoms with Crippen LogP contribution in [-0.2, 0) is 6.18 Å². The van der Waals surface area contributed by atoms with Crippen LogP contribution >= 0.6 is 23.4 Å². The standard InChI is InChI=1S/C28H31ClF4N2O2S/c1-37-19-6-7-24-20(16-19)26(22(29)17-34-24)23(30)8-9-27(18-36)10-12-35(13-11-27)14-15-38-25-5-3-2-4-21(25)28(31,32)33/h2-7,16-17,23,36H,8-15,18H2,1H3. The summed E-state index contributed by atoms with van der Waals surface area (Å²) in [6, 6.07) is 10.9. The first-order chi connectivity index (χ1) is 18.2. The van der Waals surface area contributed by atoms with Gasteiger partial charge in [0.25, 0.3) is 0 Å². The molecule has 3 aromatic rings. The molecular weight excluding hydrogens is 540 g/mol. The van der Waals surface area contributed by atoms with E-state index in [4.69, 9.17) is 16.3 Å². The average Bonchev–Trinajstić information content (AvgIpc) is 2.92. The molecule has 1 fully saturated rings. The van der Waals surface area contributed by atoms with Gasteiger partial charge < -0.3 is 14.7 Å². The molecule has 0 amide bonds. The molecule has 0 spiro atoms. The number of nitrogens with zero attached hydrogens (tertiary/aromatic N) is 2. The van der Waals surface area contributed by atoms with Gasteiger partial charge >= 0.3 is 6.18 Å². The van der Waals surface area contributed by atoms with E-state index in [9.17, 15) is 18.3 Å². The van der Waals surface area contributed by atoms with Gasteiger partial charge in [0.15, 0.2) is 0 Å². The number of aliphatic hydroxyl groups excluding tert-OH is 1. The van der Waals surface area contributed by atoms with Crippen LogP contribution in [0.3, 0.4) is 0 Å². The fourth-order valence-corrected chi connectivity index (χ4v) is 6.39. The van der Waals surface area contributed by atoms with Crippen LogP contribution in [0.1, 0.15) is 43.0 Å². The summed E-state index contributed by atoms with van der Waals surface area (Å²) in [7, 11) is 1.54. The van der Waals surface area contributed by atoms with Crippen molar-refractivity contribution in [3.63, 3.8) is 0 Å². The van der Waals surface area contributed by atoms with Gasteiger partial charge in [-0.2, -0.15) is 13.2 Å². The Balaban J connectivity index is 1.33. The second-order valence-electron chi connectivity index (χ2n) is 9.75. The van der Waals surface area contributed by atoms with Crippen LogP contribution in [0.15, 0.2) is 53.6 Å². The van der Waals surface area contributed by atoms with Crippen molar-refractivity contribution in [2.75, 3.05) is 39.1 Å². The Morgan fingerprint density at radius 1 is 1.18 bits per heavy atom. The zero-order chi connectivity index (χ0) is 27.3. The van der Waals surface area contributed by atoms with Crippen molar-refractivity contribution in [1.29, 1.82) is 0 Å². The number of pyridine rings is 1. The van der Waals surface area contributed by atoms with E-state index < -0.39 is 23.3 Å². The number of aromatic nitrogens is 1. The molecule has 206 valence electrons. The van der Waals surface area contributed by atoms with Gasteiger partial charge in [-0.15, -0.1) is 11.8 Å². The molecule has 1 N–H and O–H groups in total. The number of rotatable bonds is 10. The first-order valence-corrected chi connectivity index (χ1v) is 13.9. The van der Waals surface area contributed by atoms with Crippen LogP contribution in [0.5, 0.6) is 5.75 Å². The summed E-state index contributed by atoms with van der Waals surface area (Å²) in [5.41, 5.74) is 0.0133. The second kappa shape index (κ2) is 12.4. The van der Waals surface area contributed by atoms with Gasteiger partial charge in [0.1, 0.15) is 11.9 Å². The number of piperidine rings is 1. The number of halogens is 5. The monoisotopic (exact) mass is 570 g/mol. The number of methoxy groups -OCH3 is 1. The van der Waals surface area contributed by atoms with Crippen LogP contribution in [-0.4, -0.2) is 54.1 Å². The van der Waals surface area contributed by atoms with Gasteiger partial charge in [0.05, 0.1) is 23.2 Å². The molecule has 1 aliphatic rings. The van der Waals surface area contributed by atoms with E-state index >= 15 is 4.39 Å². The molecule has 1 unspecified atom stereocenters. The maximum absolute atomic E-state index is 15.6. The Bertz CT molecular complexity index is 1240. The Hall–Kier alpha value is -2.07. The maximum atomic E-state index is 15.6. The molecule has 0 saturated carbocycles. The summed E-state index contributed by atoms with van der Waals surface area (Å²) in [5.74, 6) is 1.12. The predicted molar refractivity (Wildman–Crippen MR) is 144 cm³/mol. The lowest BCUT2D eigenvalue weighted by Crippen LogP contribution is -2.42. The molecule has 0 bridgehead atoms. The molecule has 1 atom stereocenters. The number of aliphatic hydroxyl groups is 1. The zero-order valence-electron chi connectivity index (χ0n) is 21.1. The summed E-state index contributed by atoms with van der Waals surface area (Å²) < 4.78 is 60.6. The van der Waals surface area contributed by atoms with Crippen molar-refractivity contribution < 1.29 is 27.4 Å². The molecule has 1 aromatic heterocycles. The predicted octanol–water partition coefficient (Wildman–Crippen LogP) is 7.57. The van der Waals surface area contributed by atoms with Crippen molar-refractivity contribution in [2.24, 2.45) is 5.41 Å². The van der Waals surface area contributed by atoms with Crippen molar-refractivity contribution >= 4 is 34.3 Å². The summed E-state index contributed by atoms with van der Waals surface area (Å²) in [6.45, 7) is 2.01. The third-order valence-corrected chi connectivity index (χ3v) is 8.77. The summed E-state index contributed by atoms with van der Waals surface area (Å²) in [5, 5.41) is 11.1. The molecule has 1 aliphatic heterocycles. The zero-order valence-corrected chi connectivity index (χ0v) is 22.7. The number of fused-ring (bicyclic) bond motifs is 1. The normalized spacial score (nSPS) is 17.0. The molecule has 38 heavy (non-hydrogen) atoms. The van der Waals surface area contributed by atoms with Gasteiger partial charge in [0, 0.05) is 40.9 Å². The van der Waals surface area contributed by atoms with Crippen LogP contribution in [0.4, 0.5) is 17.6 Å². The number of hydrogen-bond acceptors (Lipinski definition) is 5. The third kappa shape index (κ3) is 6.73. The number of alkyl halides is 4. The number of benzene rings is 2. The summed E-state index contributed by atoms with van der Waals surface area (Å²) in [4.78, 5) is 6.72. The van der Waals surface area contributed by atoms with E-state index in [1.165, 1.54) is 30.1 Å². The first-order valence-electron chi connectivity index (χ1n) is 12.5. The van der Waals surface area contributed by atoms with Gasteiger partial charge in [-0.3, -0.25) is 4.98 Å². The highest BCUT2D eigenvalue weighted by Gasteiger charge is 2.36. The van der Waals surface area contributed by atoms with Gasteiger partial charge in [0.2, 0.25) is 0 Å². The van der Waals surface area contributed by atoms with E-state index in [2.05, 4.69) is 9.88 Å². The molecule has 4 rings (SSSR count). The quantitative estimate of drug-likeness (QED) is 0.201. The van der Waals surface area contributed by atoms with Crippen molar-refractivity contribution in [2.45, 2.75) is 42.9 Å². The van der Waals surface area contributed by atoms with E-state index in [0.717, 1.165) is 6.07 Å². The number of ether oxygens (including phenoxy) is 1. The number of hydrogen-bond donors (Lipinski definition) is 1. The maximum Gasteiger partial charge on any atom is 0.417 e.